The van der Waals surface area contributed by atoms with Gasteiger partial charge < -0.3 is 49.5 Å². The summed E-state index contributed by atoms with van der Waals surface area (Å²) < 4.78 is 57.3. The zero-order chi connectivity index (χ0) is 86.6. The summed E-state index contributed by atoms with van der Waals surface area (Å²) in [6.07, 6.45) is 15.0. The molecule has 0 aromatic heterocycles. The first kappa shape index (κ1) is 90.8. The Balaban J connectivity index is 0.000000142. The number of nitrogens with zero attached hydrogens (tertiary/aromatic N) is 4. The third kappa shape index (κ3) is 19.8. The van der Waals surface area contributed by atoms with Gasteiger partial charge in [-0.2, -0.15) is 0 Å². The van der Waals surface area contributed by atoms with Crippen molar-refractivity contribution in [1.82, 2.24) is 20.9 Å². The Kier molecular flexibility index (Phi) is 27.6. The molecule has 6 aromatic rings. The van der Waals surface area contributed by atoms with Crippen molar-refractivity contribution in [3.05, 3.63) is 162 Å². The van der Waals surface area contributed by atoms with Crippen LogP contribution in [0.4, 0.5) is 14.4 Å². The van der Waals surface area contributed by atoms with Crippen LogP contribution in [-0.4, -0.2) is 142 Å². The van der Waals surface area contributed by atoms with Gasteiger partial charge in [-0.1, -0.05) is 70.0 Å². The Morgan fingerprint density at radius 1 is 0.475 bits per heavy atom. The number of Topliss-reactive ketones (excluding diaryl/α,β-unsaturated/α-hetero) is 2. The molecule has 0 radical (unpaired) electrons. The normalized spacial score (nSPS) is 24.0. The number of hydrogen-bond donors (Lipinski definition) is 3. The molecule has 0 spiro atoms. The number of amides is 3. The van der Waals surface area contributed by atoms with Gasteiger partial charge in [-0.3, -0.25) is 34.1 Å². The first-order chi connectivity index (χ1) is 57.4. The van der Waals surface area contributed by atoms with E-state index in [-0.39, 0.29) is 58.7 Å². The second-order valence-electron chi connectivity index (χ2n) is 36.3. The molecular weight excluding hydrogens is 1730 g/mol. The van der Waals surface area contributed by atoms with Gasteiger partial charge in [0.05, 0.1) is 10.9 Å². The summed E-state index contributed by atoms with van der Waals surface area (Å²) in [5, 5.41) is 18.6. The number of hydrogen-bond acceptors (Lipinski definition) is 19. The molecule has 7 unspecified atom stereocenters. The van der Waals surface area contributed by atoms with E-state index in [1.54, 1.807) is 31.7 Å². The van der Waals surface area contributed by atoms with Crippen molar-refractivity contribution >= 4 is 110 Å². The van der Waals surface area contributed by atoms with Crippen molar-refractivity contribution in [3.63, 3.8) is 0 Å². The number of carbonyl (C=O) groups excluding carboxylic acids is 6. The number of halogens is 4. The van der Waals surface area contributed by atoms with E-state index >= 15 is 0 Å². The Bertz CT molecular complexity index is 5260. The standard InChI is InChI=1S/C31H33ClN2O3.C30H32ClNO6.C17H12BrClO2.C13H21NO4.C2H4O2.Mn.H3N.2O/c1-31(2,3)37-30(35)34-27-6-4-5-18(27)13-28(34)26-15-24-22-12-19-16-36-29-14-20(32)8-9-21(29)23(19)11-17(22)7-10-25(24)33-26;1-30(2,3)38-29(35)32-23-6-4-5-17(23)13-24(32)28(34)37-25-10-7-16-11-21-18(12-22(16)27(25)33)15-36-26-14-19(31)8-9-20(21)26;18-15-4-1-9-5-13-10(6-14(9)17(15)20)8-21-16-7-11(19)2-3-12(13)16;1-13(2,3)18-12(17)14-9-6-4-5-8(9)7-10(14)11(15)16;1-2(3)4;;;;/h8-9,11-12,14,18,27-28H,4-7,10,13,15-16H2,1-3H3;8-9,11-12,14,17,23-25H,4-7,10,13,15H2,1-3H3;2-3,5-7,15H,1,4,8H2;8-10H,4-7H2,1-3H3,(H,15,16);1H3,(H,3,4);;1H3;;/t18?,27-,28?;17?,23-,24?,25?;;8?,9-,10-;;;;;/m00.0...../s1. The van der Waals surface area contributed by atoms with E-state index in [9.17, 15) is 38.7 Å². The summed E-state index contributed by atoms with van der Waals surface area (Å²) in [7, 11) is 0. The number of rotatable bonds is 4. The summed E-state index contributed by atoms with van der Waals surface area (Å²) >= 11 is 20.4. The monoisotopic (exact) mass is 1830 g/mol. The number of carbonyl (C=O) groups is 8. The molecule has 6 aliphatic carbocycles. The van der Waals surface area contributed by atoms with Crippen LogP contribution in [-0.2, 0) is 94.9 Å². The Morgan fingerprint density at radius 3 is 1.30 bits per heavy atom. The first-order valence-electron chi connectivity index (χ1n) is 41.8. The van der Waals surface area contributed by atoms with E-state index in [0.717, 1.165) is 169 Å². The van der Waals surface area contributed by atoms with Crippen molar-refractivity contribution in [2.45, 2.75) is 275 Å². The predicted molar refractivity (Wildman–Crippen MR) is 459 cm³/mol. The molecule has 3 amide bonds. The molecule has 0 bridgehead atoms. The van der Waals surface area contributed by atoms with Gasteiger partial charge in [0.15, 0.2) is 11.9 Å². The number of carboxylic acids is 2. The number of aliphatic imine (C=N–C) groups is 1. The number of alkyl halides is 1. The Morgan fingerprint density at radius 2 is 0.852 bits per heavy atom. The molecule has 24 nitrogen and oxygen atoms in total. The molecule has 11 atom stereocenters. The van der Waals surface area contributed by atoms with Crippen LogP contribution in [0.3, 0.4) is 0 Å². The Hall–Kier alpha value is -8.88. The van der Waals surface area contributed by atoms with Gasteiger partial charge in [-0.15, -0.1) is 0 Å². The average Bonchev–Trinajstić information content (AvgIpc) is 1.26. The van der Waals surface area contributed by atoms with Gasteiger partial charge in [0.2, 0.25) is 5.78 Å². The minimum atomic E-state index is -1.44. The number of likely N-dealkylation sites (tertiary alicyclic amines) is 3. The van der Waals surface area contributed by atoms with Gasteiger partial charge >= 0.3 is 52.7 Å². The summed E-state index contributed by atoms with van der Waals surface area (Å²) in [6, 6.07) is 28.9. The van der Waals surface area contributed by atoms with E-state index in [1.165, 1.54) is 51.3 Å². The quantitative estimate of drug-likeness (QED) is 0.0639. The molecular formula is C93H105BrCl3MnN5O19. The molecule has 122 heavy (non-hydrogen) atoms. The zero-order valence-corrected chi connectivity index (χ0v) is 75.3. The number of aryl methyl sites for hydroxylation is 3. The van der Waals surface area contributed by atoms with Crippen LogP contribution < -0.4 is 20.4 Å². The van der Waals surface area contributed by atoms with Crippen LogP contribution in [0.1, 0.15) is 232 Å². The fourth-order valence-corrected chi connectivity index (χ4v) is 20.8. The maximum absolute atomic E-state index is 13.5. The van der Waals surface area contributed by atoms with E-state index in [0.29, 0.717) is 78.0 Å². The molecule has 13 aliphatic rings. The van der Waals surface area contributed by atoms with Gasteiger partial charge in [0.25, 0.3) is 5.97 Å². The molecule has 7 aliphatic heterocycles. The zero-order valence-electron chi connectivity index (χ0n) is 70.3. The van der Waals surface area contributed by atoms with Crippen molar-refractivity contribution in [2.75, 3.05) is 0 Å². The number of esters is 1. The van der Waals surface area contributed by atoms with E-state index < -0.39 is 79.9 Å². The number of ether oxygens (including phenoxy) is 7. The second kappa shape index (κ2) is 37.1. The molecule has 29 heteroatoms. The fourth-order valence-electron chi connectivity index (χ4n) is 19.8. The molecule has 3 saturated heterocycles. The maximum atomic E-state index is 13.5. The van der Waals surface area contributed by atoms with Crippen molar-refractivity contribution in [1.29, 1.82) is 0 Å². The number of benzene rings is 6. The molecule has 651 valence electrons. The van der Waals surface area contributed by atoms with Gasteiger partial charge in [-0.05, 0) is 329 Å². The van der Waals surface area contributed by atoms with Crippen molar-refractivity contribution < 1.29 is 104 Å². The Labute approximate surface area is 740 Å². The van der Waals surface area contributed by atoms with Crippen LogP contribution in [0, 0.1) is 17.8 Å². The third-order valence-corrected chi connectivity index (χ3v) is 26.3. The molecule has 19 rings (SSSR count). The molecule has 5 N–H and O–H groups in total. The van der Waals surface area contributed by atoms with Gasteiger partial charge in [-0.25, -0.2) is 24.0 Å². The summed E-state index contributed by atoms with van der Waals surface area (Å²) in [6.45, 7) is 19.1. The second-order valence-corrected chi connectivity index (χ2v) is 38.9. The first-order valence-corrected chi connectivity index (χ1v) is 44.8. The summed E-state index contributed by atoms with van der Waals surface area (Å²) in [5.41, 5.74) is 17.9. The van der Waals surface area contributed by atoms with E-state index in [1.807, 2.05) is 96.1 Å². The van der Waals surface area contributed by atoms with Crippen LogP contribution in [0.5, 0.6) is 17.2 Å². The van der Waals surface area contributed by atoms with Gasteiger partial charge in [0, 0.05) is 85.8 Å². The van der Waals surface area contributed by atoms with Crippen molar-refractivity contribution in [3.8, 4) is 50.6 Å². The SMILES string of the molecule is CC(=O)O.CC(C)(C)OC(=O)N1C(C(=O)OC2CCc3cc4c(cc3C2=O)COc2cc(Cl)ccc2-4)CC2CCC[C@@H]21.CC(C)(C)OC(=O)N1C(C2=NC3=C(C2)c2cc4c(cc2CC3)-c2ccc(Cl)cc2OC4)CC2CCC[C@@H]21.CC(C)(C)OC(=O)N1[C@H](C(=O)O)CC2CCC[C@@H]21.N.O=C1c2cc3c(cc2CCC1Br)-c1ccc(Cl)cc1OC3.[O]=[Mn]=[O]. The minimum absolute atomic E-state index is 0. The average molecular weight is 1840 g/mol. The van der Waals surface area contributed by atoms with Crippen LogP contribution in [0.15, 0.2) is 102 Å². The predicted octanol–water partition coefficient (Wildman–Crippen LogP) is 20.8. The molecule has 6 aromatic carbocycles. The molecule has 7 heterocycles. The van der Waals surface area contributed by atoms with Crippen LogP contribution in [0.25, 0.3) is 39.0 Å². The van der Waals surface area contributed by atoms with Crippen LogP contribution >= 0.6 is 50.7 Å². The number of fused-ring (bicyclic) bond motifs is 16. The number of carboxylic acid groups (broad SMARTS) is 2. The summed E-state index contributed by atoms with van der Waals surface area (Å²) in [4.78, 5) is 108. The van der Waals surface area contributed by atoms with Gasteiger partial charge in [0.1, 0.15) is 66.0 Å². The third-order valence-electron chi connectivity index (χ3n) is 24.8. The van der Waals surface area contributed by atoms with E-state index in [4.69, 9.17) is 90.5 Å². The van der Waals surface area contributed by atoms with Crippen molar-refractivity contribution in [2.24, 2.45) is 22.7 Å². The van der Waals surface area contributed by atoms with E-state index in [2.05, 4.69) is 51.2 Å². The summed E-state index contributed by atoms with van der Waals surface area (Å²) in [5.74, 6) is 1.26. The molecule has 3 saturated carbocycles. The molecule has 6 fully saturated rings. The number of ketones is 2. The number of allylic oxidation sites excluding steroid dienone is 2. The fraction of sp³-hybridized carbons (Fsp3) is 0.495. The topological polar surface area (TPSA) is 333 Å². The number of aliphatic carboxylic acids is 2. The van der Waals surface area contributed by atoms with Crippen LogP contribution in [0.2, 0.25) is 15.1 Å².